The first-order valence-corrected chi connectivity index (χ1v) is 6.36. The third kappa shape index (κ3) is 5.51. The molecule has 0 aromatic rings. The van der Waals surface area contributed by atoms with E-state index in [1.54, 1.807) is 0 Å². The molecule has 1 rings (SSSR count). The summed E-state index contributed by atoms with van der Waals surface area (Å²) in [5.74, 6) is 0. The number of piperidine rings is 1. The molecule has 2 nitrogen and oxygen atoms in total. The third-order valence-corrected chi connectivity index (χ3v) is 3.34. The Morgan fingerprint density at radius 3 is 2.50 bits per heavy atom. The summed E-state index contributed by atoms with van der Waals surface area (Å²) in [6.07, 6.45) is 5.39. The molecule has 0 spiro atoms. The van der Waals surface area contributed by atoms with Gasteiger partial charge >= 0.3 is 0 Å². The molecule has 1 saturated heterocycles. The lowest BCUT2D eigenvalue weighted by Crippen LogP contribution is -2.50. The van der Waals surface area contributed by atoms with Crippen LogP contribution in [0.25, 0.3) is 0 Å². The average molecular weight is 249 g/mol. The molecule has 0 radical (unpaired) electrons. The van der Waals surface area contributed by atoms with Crippen molar-refractivity contribution in [3.8, 4) is 0 Å². The van der Waals surface area contributed by atoms with Gasteiger partial charge in [-0.15, -0.1) is 12.4 Å². The van der Waals surface area contributed by atoms with Crippen molar-refractivity contribution in [3.63, 3.8) is 0 Å². The number of rotatable bonds is 4. The molecular formula is C13H29ClN2. The quantitative estimate of drug-likeness (QED) is 0.829. The zero-order valence-electron chi connectivity index (χ0n) is 11.4. The van der Waals surface area contributed by atoms with Gasteiger partial charge in [-0.05, 0) is 45.1 Å². The average Bonchev–Trinajstić information content (AvgIpc) is 1.99. The fourth-order valence-electron chi connectivity index (χ4n) is 2.95. The van der Waals surface area contributed by atoms with E-state index >= 15 is 0 Å². The van der Waals surface area contributed by atoms with E-state index in [1.807, 2.05) is 0 Å². The summed E-state index contributed by atoms with van der Waals surface area (Å²) in [7, 11) is 0. The Bertz CT molecular complexity index is 197. The van der Waals surface area contributed by atoms with Crippen molar-refractivity contribution in [2.24, 2.45) is 11.1 Å². The zero-order chi connectivity index (χ0) is 11.5. The maximum Gasteiger partial charge on any atom is 0.0226 e. The van der Waals surface area contributed by atoms with Crippen LogP contribution in [0.1, 0.15) is 53.4 Å². The predicted octanol–water partition coefficient (Wildman–Crippen LogP) is 3.05. The lowest BCUT2D eigenvalue weighted by molar-refractivity contribution is 0.0805. The molecule has 0 aromatic heterocycles. The van der Waals surface area contributed by atoms with E-state index in [4.69, 9.17) is 5.73 Å². The molecule has 0 bridgehead atoms. The van der Waals surface area contributed by atoms with Gasteiger partial charge in [-0.25, -0.2) is 0 Å². The van der Waals surface area contributed by atoms with Crippen LogP contribution < -0.4 is 5.73 Å². The minimum Gasteiger partial charge on any atom is -0.324 e. The summed E-state index contributed by atoms with van der Waals surface area (Å²) in [6.45, 7) is 12.5. The molecule has 0 saturated carbocycles. The Morgan fingerprint density at radius 2 is 2.00 bits per heavy atom. The van der Waals surface area contributed by atoms with Crippen LogP contribution in [0.3, 0.4) is 0 Å². The van der Waals surface area contributed by atoms with Crippen LogP contribution in [-0.2, 0) is 0 Å². The van der Waals surface area contributed by atoms with Gasteiger partial charge in [0.1, 0.15) is 0 Å². The number of hydrogen-bond donors (Lipinski definition) is 1. The molecule has 3 heteroatoms. The predicted molar refractivity (Wildman–Crippen MR) is 74.2 cm³/mol. The molecule has 1 aliphatic heterocycles. The summed E-state index contributed by atoms with van der Waals surface area (Å²) >= 11 is 0. The molecule has 1 heterocycles. The molecule has 1 aliphatic rings. The van der Waals surface area contributed by atoms with Crippen LogP contribution in [0, 0.1) is 5.41 Å². The number of nitrogens with two attached hydrogens (primary N) is 1. The maximum atomic E-state index is 6.09. The minimum atomic E-state index is -0.0511. The molecule has 1 fully saturated rings. The summed E-state index contributed by atoms with van der Waals surface area (Å²) in [6, 6.07) is 0. The largest absolute Gasteiger partial charge is 0.324 e. The van der Waals surface area contributed by atoms with Gasteiger partial charge in [0.2, 0.25) is 0 Å². The molecule has 16 heavy (non-hydrogen) atoms. The second-order valence-electron chi connectivity index (χ2n) is 6.36. The number of halogens is 1. The highest BCUT2D eigenvalue weighted by atomic mass is 35.5. The lowest BCUT2D eigenvalue weighted by atomic mass is 9.78. The third-order valence-electron chi connectivity index (χ3n) is 3.34. The second-order valence-corrected chi connectivity index (χ2v) is 6.36. The Kier molecular flexibility index (Phi) is 6.31. The van der Waals surface area contributed by atoms with Crippen LogP contribution in [0.2, 0.25) is 0 Å². The first-order valence-electron chi connectivity index (χ1n) is 6.36. The van der Waals surface area contributed by atoms with Crippen molar-refractivity contribution < 1.29 is 0 Å². The van der Waals surface area contributed by atoms with E-state index < -0.39 is 0 Å². The minimum absolute atomic E-state index is 0. The fourth-order valence-corrected chi connectivity index (χ4v) is 2.95. The second kappa shape index (κ2) is 6.23. The summed E-state index contributed by atoms with van der Waals surface area (Å²) in [4.78, 5) is 2.55. The van der Waals surface area contributed by atoms with Gasteiger partial charge < -0.3 is 10.6 Å². The van der Waals surface area contributed by atoms with E-state index in [0.29, 0.717) is 5.41 Å². The van der Waals surface area contributed by atoms with Crippen molar-refractivity contribution >= 4 is 12.4 Å². The standard InChI is InChI=1S/C13H28N2.ClH/c1-5-7-13(4)8-6-9-15(11-13)10-12(2,3)14;/h5-11,14H2,1-4H3;1H. The van der Waals surface area contributed by atoms with Gasteiger partial charge in [0.05, 0.1) is 0 Å². The van der Waals surface area contributed by atoms with E-state index in [9.17, 15) is 0 Å². The monoisotopic (exact) mass is 248 g/mol. The van der Waals surface area contributed by atoms with E-state index in [1.165, 1.54) is 38.8 Å². The molecule has 2 N–H and O–H groups in total. The summed E-state index contributed by atoms with van der Waals surface area (Å²) < 4.78 is 0. The molecule has 1 unspecified atom stereocenters. The van der Waals surface area contributed by atoms with Gasteiger partial charge in [-0.3, -0.25) is 0 Å². The highest BCUT2D eigenvalue weighted by Crippen LogP contribution is 2.34. The Morgan fingerprint density at radius 1 is 1.38 bits per heavy atom. The van der Waals surface area contributed by atoms with Gasteiger partial charge in [0.25, 0.3) is 0 Å². The molecule has 0 aromatic carbocycles. The Hall–Kier alpha value is 0.210. The first kappa shape index (κ1) is 16.2. The van der Waals surface area contributed by atoms with Gasteiger partial charge in [0.15, 0.2) is 0 Å². The van der Waals surface area contributed by atoms with Crippen molar-refractivity contribution in [1.82, 2.24) is 4.90 Å². The van der Waals surface area contributed by atoms with Crippen LogP contribution in [0.5, 0.6) is 0 Å². The SMILES string of the molecule is CCCC1(C)CCCN(CC(C)(C)N)C1.Cl. The van der Waals surface area contributed by atoms with E-state index in [2.05, 4.69) is 32.6 Å². The zero-order valence-corrected chi connectivity index (χ0v) is 12.2. The van der Waals surface area contributed by atoms with Crippen LogP contribution >= 0.6 is 12.4 Å². The lowest BCUT2D eigenvalue weighted by Gasteiger charge is -2.42. The van der Waals surface area contributed by atoms with Gasteiger partial charge in [-0.1, -0.05) is 20.3 Å². The molecule has 1 atom stereocenters. The topological polar surface area (TPSA) is 29.3 Å². The summed E-state index contributed by atoms with van der Waals surface area (Å²) in [5.41, 5.74) is 6.58. The fraction of sp³-hybridized carbons (Fsp3) is 1.00. The van der Waals surface area contributed by atoms with Gasteiger partial charge in [0, 0.05) is 18.6 Å². The maximum absolute atomic E-state index is 6.09. The van der Waals surface area contributed by atoms with Crippen molar-refractivity contribution in [2.75, 3.05) is 19.6 Å². The molecule has 0 aliphatic carbocycles. The van der Waals surface area contributed by atoms with E-state index in [0.717, 1.165) is 6.54 Å². The highest BCUT2D eigenvalue weighted by Gasteiger charge is 2.31. The molecule has 98 valence electrons. The van der Waals surface area contributed by atoms with Crippen molar-refractivity contribution in [3.05, 3.63) is 0 Å². The number of nitrogens with zero attached hydrogens (tertiary/aromatic N) is 1. The molecule has 0 amide bonds. The normalized spacial score (nSPS) is 27.6. The smallest absolute Gasteiger partial charge is 0.0226 e. The first-order chi connectivity index (χ1) is 6.85. The number of likely N-dealkylation sites (tertiary alicyclic amines) is 1. The van der Waals surface area contributed by atoms with Crippen molar-refractivity contribution in [1.29, 1.82) is 0 Å². The highest BCUT2D eigenvalue weighted by molar-refractivity contribution is 5.85. The van der Waals surface area contributed by atoms with Crippen molar-refractivity contribution in [2.45, 2.75) is 58.9 Å². The van der Waals surface area contributed by atoms with Gasteiger partial charge in [-0.2, -0.15) is 0 Å². The Labute approximate surface area is 107 Å². The van der Waals surface area contributed by atoms with Crippen LogP contribution in [-0.4, -0.2) is 30.1 Å². The van der Waals surface area contributed by atoms with Crippen LogP contribution in [0.4, 0.5) is 0 Å². The molecular weight excluding hydrogens is 220 g/mol. The van der Waals surface area contributed by atoms with Crippen LogP contribution in [0.15, 0.2) is 0 Å². The number of hydrogen-bond acceptors (Lipinski definition) is 2. The Balaban J connectivity index is 0.00000225. The summed E-state index contributed by atoms with van der Waals surface area (Å²) in [5, 5.41) is 0. The van der Waals surface area contributed by atoms with E-state index in [-0.39, 0.29) is 17.9 Å².